The highest BCUT2D eigenvalue weighted by Crippen LogP contribution is 2.15. The second kappa shape index (κ2) is 3.30. The fourth-order valence-corrected chi connectivity index (χ4v) is 1.15. The second-order valence-corrected chi connectivity index (χ2v) is 2.63. The number of carboxylic acid groups (broad SMARTS) is 2. The van der Waals surface area contributed by atoms with Gasteiger partial charge in [-0.25, -0.2) is 9.59 Å². The van der Waals surface area contributed by atoms with Gasteiger partial charge in [0.2, 0.25) is 0 Å². The molecule has 1 aliphatic rings. The van der Waals surface area contributed by atoms with E-state index in [0.29, 0.717) is 5.70 Å². The van der Waals surface area contributed by atoms with Crippen molar-refractivity contribution in [2.24, 2.45) is 0 Å². The zero-order valence-electron chi connectivity index (χ0n) is 6.97. The number of hydrogen-bond donors (Lipinski definition) is 2. The van der Waals surface area contributed by atoms with E-state index in [4.69, 9.17) is 10.2 Å². The molecule has 5 heteroatoms. The Morgan fingerprint density at radius 1 is 1.46 bits per heavy atom. The highest BCUT2D eigenvalue weighted by atomic mass is 16.4. The minimum atomic E-state index is -1.26. The third-order valence-electron chi connectivity index (χ3n) is 1.75. The first-order valence-electron chi connectivity index (χ1n) is 3.64. The Morgan fingerprint density at radius 2 is 2.08 bits per heavy atom. The average Bonchev–Trinajstić information content (AvgIpc) is 2.02. The maximum absolute atomic E-state index is 10.7. The Balaban J connectivity index is 2.99. The first-order valence-corrected chi connectivity index (χ1v) is 3.64. The van der Waals surface area contributed by atoms with E-state index in [9.17, 15) is 9.59 Å². The fraction of sp³-hybridized carbons (Fsp3) is 0.250. The first-order chi connectivity index (χ1) is 6.04. The van der Waals surface area contributed by atoms with Gasteiger partial charge in [0.25, 0.3) is 0 Å². The Bertz CT molecular complexity index is 305. The van der Waals surface area contributed by atoms with E-state index < -0.39 is 18.1 Å². The zero-order chi connectivity index (χ0) is 10.0. The molecule has 0 bridgehead atoms. The van der Waals surface area contributed by atoms with Crippen LogP contribution in [0.15, 0.2) is 23.9 Å². The molecule has 0 spiro atoms. The second-order valence-electron chi connectivity index (χ2n) is 2.63. The molecule has 2 N–H and O–H groups in total. The molecule has 1 aliphatic heterocycles. The number of rotatable bonds is 1. The lowest BCUT2D eigenvalue weighted by atomic mass is 10.1. The Hall–Kier alpha value is -1.78. The van der Waals surface area contributed by atoms with Crippen molar-refractivity contribution in [3.05, 3.63) is 23.9 Å². The van der Waals surface area contributed by atoms with E-state index >= 15 is 0 Å². The number of hydrogen-bond acceptors (Lipinski definition) is 2. The van der Waals surface area contributed by atoms with Crippen LogP contribution in [-0.4, -0.2) is 33.2 Å². The monoisotopic (exact) mass is 183 g/mol. The lowest BCUT2D eigenvalue weighted by Crippen LogP contribution is -2.43. The van der Waals surface area contributed by atoms with Crippen molar-refractivity contribution in [3.8, 4) is 0 Å². The van der Waals surface area contributed by atoms with Crippen LogP contribution in [0.5, 0.6) is 0 Å². The molecule has 5 nitrogen and oxygen atoms in total. The predicted molar refractivity (Wildman–Crippen MR) is 44.2 cm³/mol. The molecule has 1 atom stereocenters. The third kappa shape index (κ3) is 1.69. The largest absolute Gasteiger partial charge is 0.479 e. The van der Waals surface area contributed by atoms with E-state index in [2.05, 4.69) is 0 Å². The minimum absolute atomic E-state index is 0.405. The molecule has 0 aromatic carbocycles. The topological polar surface area (TPSA) is 77.8 Å². The van der Waals surface area contributed by atoms with E-state index in [1.54, 1.807) is 13.0 Å². The van der Waals surface area contributed by atoms with Gasteiger partial charge < -0.3 is 10.2 Å². The number of nitrogens with zero attached hydrogens (tertiary/aromatic N) is 1. The van der Waals surface area contributed by atoms with Crippen LogP contribution in [0, 0.1) is 0 Å². The van der Waals surface area contributed by atoms with E-state index in [-0.39, 0.29) is 0 Å². The van der Waals surface area contributed by atoms with Crippen molar-refractivity contribution in [1.29, 1.82) is 0 Å². The molecule has 0 fully saturated rings. The highest BCUT2D eigenvalue weighted by Gasteiger charge is 2.29. The first kappa shape index (κ1) is 9.31. The van der Waals surface area contributed by atoms with Crippen LogP contribution in [0.1, 0.15) is 6.92 Å². The lowest BCUT2D eigenvalue weighted by Gasteiger charge is -2.26. The van der Waals surface area contributed by atoms with Crippen LogP contribution in [0.4, 0.5) is 4.79 Å². The highest BCUT2D eigenvalue weighted by molar-refractivity contribution is 5.83. The summed E-state index contributed by atoms with van der Waals surface area (Å²) in [6, 6.07) is -1.11. The van der Waals surface area contributed by atoms with E-state index in [1.165, 1.54) is 12.2 Å². The van der Waals surface area contributed by atoms with Gasteiger partial charge >= 0.3 is 12.1 Å². The Labute approximate surface area is 74.6 Å². The molecular formula is C8H9NO4. The fourth-order valence-electron chi connectivity index (χ4n) is 1.15. The summed E-state index contributed by atoms with van der Waals surface area (Å²) in [5, 5.41) is 17.4. The summed E-state index contributed by atoms with van der Waals surface area (Å²) in [6.45, 7) is 1.55. The third-order valence-corrected chi connectivity index (χ3v) is 1.75. The van der Waals surface area contributed by atoms with Gasteiger partial charge in [0.15, 0.2) is 6.04 Å². The molecule has 0 radical (unpaired) electrons. The van der Waals surface area contributed by atoms with Crippen molar-refractivity contribution in [3.63, 3.8) is 0 Å². The van der Waals surface area contributed by atoms with Crippen molar-refractivity contribution in [1.82, 2.24) is 4.90 Å². The van der Waals surface area contributed by atoms with Gasteiger partial charge in [-0.1, -0.05) is 12.2 Å². The standard InChI is InChI=1S/C8H9NO4/c1-5-3-2-4-6(7(10)11)9(5)8(12)13/h2-4,6H,1H3,(H,10,11)(H,12,13). The van der Waals surface area contributed by atoms with Gasteiger partial charge in [-0.2, -0.15) is 0 Å². The molecule has 1 unspecified atom stereocenters. The van der Waals surface area contributed by atoms with Crippen molar-refractivity contribution in [2.75, 3.05) is 0 Å². The molecule has 13 heavy (non-hydrogen) atoms. The number of amides is 1. The summed E-state index contributed by atoms with van der Waals surface area (Å²) >= 11 is 0. The Morgan fingerprint density at radius 3 is 2.46 bits per heavy atom. The summed E-state index contributed by atoms with van der Waals surface area (Å²) in [5.74, 6) is -1.17. The van der Waals surface area contributed by atoms with Crippen LogP contribution in [-0.2, 0) is 4.79 Å². The number of aliphatic carboxylic acids is 1. The minimum Gasteiger partial charge on any atom is -0.479 e. The summed E-state index contributed by atoms with van der Waals surface area (Å²) < 4.78 is 0. The van der Waals surface area contributed by atoms with Crippen molar-refractivity contribution < 1.29 is 19.8 Å². The molecule has 70 valence electrons. The maximum atomic E-state index is 10.7. The molecule has 1 rings (SSSR count). The van der Waals surface area contributed by atoms with Gasteiger partial charge in [0, 0.05) is 5.70 Å². The quantitative estimate of drug-likeness (QED) is 0.632. The van der Waals surface area contributed by atoms with Gasteiger partial charge in [0.1, 0.15) is 0 Å². The molecular weight excluding hydrogens is 174 g/mol. The average molecular weight is 183 g/mol. The molecule has 0 aliphatic carbocycles. The summed E-state index contributed by atoms with van der Waals surface area (Å²) in [7, 11) is 0. The molecule has 1 amide bonds. The summed E-state index contributed by atoms with van der Waals surface area (Å²) in [4.78, 5) is 22.1. The predicted octanol–water partition coefficient (Wildman–Crippen LogP) is 0.893. The van der Waals surface area contributed by atoms with Crippen LogP contribution in [0.2, 0.25) is 0 Å². The maximum Gasteiger partial charge on any atom is 0.412 e. The summed E-state index contributed by atoms with van der Waals surface area (Å²) in [5.41, 5.74) is 0.405. The smallest absolute Gasteiger partial charge is 0.412 e. The SMILES string of the molecule is CC1=CC=CC(C(=O)O)N1C(=O)O. The van der Waals surface area contributed by atoms with E-state index in [0.717, 1.165) is 4.90 Å². The molecule has 0 aromatic rings. The molecule has 0 saturated heterocycles. The summed E-state index contributed by atoms with van der Waals surface area (Å²) in [6.07, 6.45) is 3.15. The number of carboxylic acids is 1. The van der Waals surface area contributed by atoms with Crippen LogP contribution >= 0.6 is 0 Å². The van der Waals surface area contributed by atoms with Crippen LogP contribution in [0.3, 0.4) is 0 Å². The van der Waals surface area contributed by atoms with Gasteiger partial charge in [-0.15, -0.1) is 0 Å². The normalized spacial score (nSPS) is 21.2. The Kier molecular flexibility index (Phi) is 2.36. The molecule has 1 heterocycles. The molecule has 0 aromatic heterocycles. The van der Waals surface area contributed by atoms with Gasteiger partial charge in [-0.3, -0.25) is 4.90 Å². The zero-order valence-corrected chi connectivity index (χ0v) is 6.97. The van der Waals surface area contributed by atoms with Gasteiger partial charge in [0.05, 0.1) is 0 Å². The van der Waals surface area contributed by atoms with E-state index in [1.807, 2.05) is 0 Å². The van der Waals surface area contributed by atoms with Crippen molar-refractivity contribution in [2.45, 2.75) is 13.0 Å². The lowest BCUT2D eigenvalue weighted by molar-refractivity contribution is -0.140. The van der Waals surface area contributed by atoms with Gasteiger partial charge in [-0.05, 0) is 13.0 Å². The van der Waals surface area contributed by atoms with Crippen molar-refractivity contribution >= 4 is 12.1 Å². The number of allylic oxidation sites excluding steroid dienone is 3. The van der Waals surface area contributed by atoms with Crippen LogP contribution in [0.25, 0.3) is 0 Å². The van der Waals surface area contributed by atoms with Crippen LogP contribution < -0.4 is 0 Å². The molecule has 0 saturated carbocycles. The number of carbonyl (C=O) groups is 2.